The van der Waals surface area contributed by atoms with Crippen molar-refractivity contribution in [2.75, 3.05) is 14.2 Å². The van der Waals surface area contributed by atoms with Gasteiger partial charge in [0.05, 0.1) is 14.2 Å². The predicted molar refractivity (Wildman–Crippen MR) is 73.8 cm³/mol. The topological polar surface area (TPSA) is 61.8 Å². The molecule has 0 N–H and O–H groups in total. The SMILES string of the molecule is COc1cccc(OS(=O)(=O)c2ccccc2OC)c1. The van der Waals surface area contributed by atoms with Gasteiger partial charge in [-0.15, -0.1) is 0 Å². The average Bonchev–Trinajstić information content (AvgIpc) is 2.47. The van der Waals surface area contributed by atoms with Gasteiger partial charge in [-0.1, -0.05) is 18.2 Å². The molecule has 0 fully saturated rings. The summed E-state index contributed by atoms with van der Waals surface area (Å²) in [5.41, 5.74) is 0. The van der Waals surface area contributed by atoms with Crippen molar-refractivity contribution in [2.45, 2.75) is 4.90 Å². The molecule has 0 saturated carbocycles. The van der Waals surface area contributed by atoms with Crippen molar-refractivity contribution in [1.82, 2.24) is 0 Å². The van der Waals surface area contributed by atoms with Gasteiger partial charge in [0.2, 0.25) is 0 Å². The lowest BCUT2D eigenvalue weighted by molar-refractivity contribution is 0.397. The Morgan fingerprint density at radius 2 is 1.55 bits per heavy atom. The van der Waals surface area contributed by atoms with Crippen molar-refractivity contribution < 1.29 is 22.1 Å². The molecule has 0 saturated heterocycles. The van der Waals surface area contributed by atoms with Crippen LogP contribution >= 0.6 is 0 Å². The molecule has 106 valence electrons. The Labute approximate surface area is 117 Å². The summed E-state index contributed by atoms with van der Waals surface area (Å²) in [5, 5.41) is 0. The largest absolute Gasteiger partial charge is 0.497 e. The molecule has 20 heavy (non-hydrogen) atoms. The summed E-state index contributed by atoms with van der Waals surface area (Å²) < 4.78 is 39.6. The van der Waals surface area contributed by atoms with E-state index < -0.39 is 10.1 Å². The van der Waals surface area contributed by atoms with Crippen molar-refractivity contribution in [3.63, 3.8) is 0 Å². The quantitative estimate of drug-likeness (QED) is 0.793. The maximum atomic E-state index is 12.2. The summed E-state index contributed by atoms with van der Waals surface area (Å²) in [5.74, 6) is 0.920. The zero-order valence-corrected chi connectivity index (χ0v) is 11.9. The lowest BCUT2D eigenvalue weighted by Gasteiger charge is -2.10. The Balaban J connectivity index is 2.35. The van der Waals surface area contributed by atoms with Crippen molar-refractivity contribution in [3.05, 3.63) is 48.5 Å². The highest BCUT2D eigenvalue weighted by molar-refractivity contribution is 7.87. The van der Waals surface area contributed by atoms with E-state index in [1.807, 2.05) is 0 Å². The number of hydrogen-bond acceptors (Lipinski definition) is 5. The normalized spacial score (nSPS) is 10.9. The molecule has 6 heteroatoms. The first-order valence-electron chi connectivity index (χ1n) is 5.78. The van der Waals surface area contributed by atoms with Crippen molar-refractivity contribution in [2.24, 2.45) is 0 Å². The van der Waals surface area contributed by atoms with Gasteiger partial charge in [-0.25, -0.2) is 0 Å². The van der Waals surface area contributed by atoms with E-state index in [1.54, 1.807) is 30.3 Å². The van der Waals surface area contributed by atoms with Crippen LogP contribution < -0.4 is 13.7 Å². The number of hydrogen-bond donors (Lipinski definition) is 0. The van der Waals surface area contributed by atoms with Crippen LogP contribution in [0.3, 0.4) is 0 Å². The molecule has 0 bridgehead atoms. The number of rotatable bonds is 5. The zero-order chi connectivity index (χ0) is 14.6. The van der Waals surface area contributed by atoms with Crippen LogP contribution in [-0.4, -0.2) is 22.6 Å². The molecule has 0 aliphatic heterocycles. The van der Waals surface area contributed by atoms with Gasteiger partial charge in [-0.3, -0.25) is 0 Å². The summed E-state index contributed by atoms with van der Waals surface area (Å²) in [6.07, 6.45) is 0. The molecule has 0 aromatic heterocycles. The zero-order valence-electron chi connectivity index (χ0n) is 11.1. The number of methoxy groups -OCH3 is 2. The Morgan fingerprint density at radius 3 is 2.25 bits per heavy atom. The maximum Gasteiger partial charge on any atom is 0.342 e. The highest BCUT2D eigenvalue weighted by Gasteiger charge is 2.21. The van der Waals surface area contributed by atoms with Crippen LogP contribution in [0.4, 0.5) is 0 Å². The highest BCUT2D eigenvalue weighted by atomic mass is 32.2. The second-order valence-corrected chi connectivity index (χ2v) is 5.38. The summed E-state index contributed by atoms with van der Waals surface area (Å²) in [4.78, 5) is -0.0229. The Kier molecular flexibility index (Phi) is 4.14. The van der Waals surface area contributed by atoms with E-state index in [9.17, 15) is 8.42 Å². The third-order valence-corrected chi connectivity index (χ3v) is 3.87. The fourth-order valence-electron chi connectivity index (χ4n) is 1.65. The molecular formula is C14H14O5S. The second-order valence-electron chi connectivity index (χ2n) is 3.87. The van der Waals surface area contributed by atoms with Crippen LogP contribution in [0.25, 0.3) is 0 Å². The summed E-state index contributed by atoms with van der Waals surface area (Å²) in [7, 11) is -1.07. The summed E-state index contributed by atoms with van der Waals surface area (Å²) in [6.45, 7) is 0. The molecule has 0 heterocycles. The Hall–Kier alpha value is -2.21. The van der Waals surface area contributed by atoms with Gasteiger partial charge < -0.3 is 13.7 Å². The molecule has 0 radical (unpaired) electrons. The minimum absolute atomic E-state index is 0.0229. The van der Waals surface area contributed by atoms with E-state index in [4.69, 9.17) is 13.7 Å². The van der Waals surface area contributed by atoms with Gasteiger partial charge >= 0.3 is 10.1 Å². The molecule has 0 unspecified atom stereocenters. The number of ether oxygens (including phenoxy) is 2. The van der Waals surface area contributed by atoms with Crippen molar-refractivity contribution >= 4 is 10.1 Å². The van der Waals surface area contributed by atoms with Crippen molar-refractivity contribution in [1.29, 1.82) is 0 Å². The van der Waals surface area contributed by atoms with Gasteiger partial charge in [-0.05, 0) is 24.3 Å². The van der Waals surface area contributed by atoms with E-state index in [0.717, 1.165) is 0 Å². The smallest absolute Gasteiger partial charge is 0.342 e. The second kappa shape index (κ2) is 5.83. The number of para-hydroxylation sites is 1. The summed E-state index contributed by atoms with van der Waals surface area (Å²) in [6, 6.07) is 12.6. The molecule has 0 aliphatic carbocycles. The first-order chi connectivity index (χ1) is 9.56. The van der Waals surface area contributed by atoms with Gasteiger partial charge in [0.1, 0.15) is 22.1 Å². The standard InChI is InChI=1S/C14H14O5S/c1-17-11-6-5-7-12(10-11)19-20(15,16)14-9-4-3-8-13(14)18-2/h3-10H,1-2H3. The Morgan fingerprint density at radius 1 is 0.850 bits per heavy atom. The summed E-state index contributed by atoms with van der Waals surface area (Å²) >= 11 is 0. The van der Waals surface area contributed by atoms with E-state index in [1.165, 1.54) is 32.4 Å². The predicted octanol–water partition coefficient (Wildman–Crippen LogP) is 2.47. The van der Waals surface area contributed by atoms with Crippen molar-refractivity contribution in [3.8, 4) is 17.2 Å². The Bertz CT molecular complexity index is 694. The van der Waals surface area contributed by atoms with E-state index in [0.29, 0.717) is 5.75 Å². The lowest BCUT2D eigenvalue weighted by Crippen LogP contribution is -2.11. The van der Waals surface area contributed by atoms with Gasteiger partial charge in [0.25, 0.3) is 0 Å². The molecule has 2 rings (SSSR count). The third-order valence-electron chi connectivity index (χ3n) is 2.59. The van der Waals surface area contributed by atoms with Crippen LogP contribution in [0.5, 0.6) is 17.2 Å². The molecule has 0 atom stereocenters. The molecule has 0 aliphatic rings. The molecule has 0 spiro atoms. The first kappa shape index (κ1) is 14.2. The fraction of sp³-hybridized carbons (Fsp3) is 0.143. The van der Waals surface area contributed by atoms with Crippen LogP contribution in [0.1, 0.15) is 0 Å². The minimum Gasteiger partial charge on any atom is -0.497 e. The van der Waals surface area contributed by atoms with E-state index in [2.05, 4.69) is 0 Å². The monoisotopic (exact) mass is 294 g/mol. The molecule has 5 nitrogen and oxygen atoms in total. The lowest BCUT2D eigenvalue weighted by atomic mass is 10.3. The van der Waals surface area contributed by atoms with Gasteiger partial charge in [0, 0.05) is 6.07 Å². The fourth-order valence-corrected chi connectivity index (χ4v) is 2.74. The van der Waals surface area contributed by atoms with Crippen LogP contribution in [-0.2, 0) is 10.1 Å². The molecule has 2 aromatic rings. The van der Waals surface area contributed by atoms with Crippen LogP contribution in [0.15, 0.2) is 53.4 Å². The third kappa shape index (κ3) is 3.03. The minimum atomic E-state index is -3.96. The molecule has 0 amide bonds. The number of benzene rings is 2. The maximum absolute atomic E-state index is 12.2. The van der Waals surface area contributed by atoms with E-state index in [-0.39, 0.29) is 16.4 Å². The van der Waals surface area contributed by atoms with Crippen LogP contribution in [0.2, 0.25) is 0 Å². The first-order valence-corrected chi connectivity index (χ1v) is 7.19. The molecular weight excluding hydrogens is 280 g/mol. The molecule has 2 aromatic carbocycles. The van der Waals surface area contributed by atoms with Crippen LogP contribution in [0, 0.1) is 0 Å². The van der Waals surface area contributed by atoms with Gasteiger partial charge in [0.15, 0.2) is 0 Å². The average molecular weight is 294 g/mol. The highest BCUT2D eigenvalue weighted by Crippen LogP contribution is 2.27. The van der Waals surface area contributed by atoms with Gasteiger partial charge in [-0.2, -0.15) is 8.42 Å². The van der Waals surface area contributed by atoms with E-state index >= 15 is 0 Å².